The molecule has 0 bridgehead atoms. The summed E-state index contributed by atoms with van der Waals surface area (Å²) in [6.07, 6.45) is 3.14. The van der Waals surface area contributed by atoms with Crippen LogP contribution in [0.4, 0.5) is 0 Å². The average Bonchev–Trinajstić information content (AvgIpc) is 2.71. The van der Waals surface area contributed by atoms with Crippen molar-refractivity contribution >= 4 is 47.2 Å². The molecule has 0 aliphatic carbocycles. The maximum atomic E-state index is 12.3. The van der Waals surface area contributed by atoms with Crippen LogP contribution in [0, 0.1) is 0 Å². The van der Waals surface area contributed by atoms with Crippen LogP contribution in [0.25, 0.3) is 0 Å². The number of hydrazone groups is 1. The maximum absolute atomic E-state index is 12.3. The molecule has 1 amide bonds. The number of hydrogen-bond donors (Lipinski definition) is 1. The molecular weight excluding hydrogens is 408 g/mol. The van der Waals surface area contributed by atoms with Gasteiger partial charge in [-0.3, -0.25) is 4.79 Å². The second-order valence-corrected chi connectivity index (χ2v) is 8.50. The molecule has 0 spiro atoms. The molecule has 0 aliphatic rings. The zero-order valence-corrected chi connectivity index (χ0v) is 17.2. The smallest absolute Gasteiger partial charge is 0.265 e. The molecule has 1 N–H and O–H groups in total. The van der Waals surface area contributed by atoms with Crippen LogP contribution in [0.5, 0.6) is 0 Å². The third kappa shape index (κ3) is 6.93. The number of nitrogens with zero attached hydrogens (tertiary/aromatic N) is 1. The Morgan fingerprint density at radius 2 is 1.36 bits per heavy atom. The minimum atomic E-state index is -0.285. The molecule has 3 rings (SSSR count). The van der Waals surface area contributed by atoms with Crippen molar-refractivity contribution in [3.8, 4) is 0 Å². The fraction of sp³-hybridized carbons (Fsp3) is 0. The van der Waals surface area contributed by atoms with E-state index >= 15 is 0 Å². The number of amides is 1. The van der Waals surface area contributed by atoms with Crippen LogP contribution in [0.3, 0.4) is 0 Å². The molecule has 140 valence electrons. The topological polar surface area (TPSA) is 41.5 Å². The molecule has 0 heterocycles. The van der Waals surface area contributed by atoms with E-state index in [1.165, 1.54) is 0 Å². The zero-order valence-electron chi connectivity index (χ0n) is 14.8. The molecule has 3 aromatic rings. The fourth-order valence-electron chi connectivity index (χ4n) is 2.15. The molecule has 3 aromatic carbocycles. The van der Waals surface area contributed by atoms with Gasteiger partial charge in [-0.15, -0.1) is 0 Å². The highest BCUT2D eigenvalue weighted by atomic mass is 35.5. The zero-order chi connectivity index (χ0) is 19.6. The maximum Gasteiger partial charge on any atom is 0.265 e. The monoisotopic (exact) mass is 424 g/mol. The summed E-state index contributed by atoms with van der Waals surface area (Å²) in [6.45, 7) is 0. The SMILES string of the molecule is O=C(C=C(Sc1ccccc1)Sc1ccccc1)N/N=C\c1ccc(Cl)cc1. The lowest BCUT2D eigenvalue weighted by molar-refractivity contribution is -0.116. The summed E-state index contributed by atoms with van der Waals surface area (Å²) in [5.74, 6) is -0.285. The van der Waals surface area contributed by atoms with Gasteiger partial charge in [-0.1, -0.05) is 83.7 Å². The van der Waals surface area contributed by atoms with Crippen molar-refractivity contribution in [3.63, 3.8) is 0 Å². The highest BCUT2D eigenvalue weighted by Crippen LogP contribution is 2.38. The number of carbonyl (C=O) groups is 1. The second-order valence-electron chi connectivity index (χ2n) is 5.58. The first-order valence-corrected chi connectivity index (χ1v) is 10.5. The largest absolute Gasteiger partial charge is 0.268 e. The normalized spacial score (nSPS) is 10.6. The Bertz CT molecular complexity index is 915. The summed E-state index contributed by atoms with van der Waals surface area (Å²) < 4.78 is 0.858. The van der Waals surface area contributed by atoms with E-state index in [4.69, 9.17) is 11.6 Å². The van der Waals surface area contributed by atoms with Gasteiger partial charge in [-0.2, -0.15) is 5.10 Å². The average molecular weight is 425 g/mol. The summed E-state index contributed by atoms with van der Waals surface area (Å²) in [7, 11) is 0. The Kier molecular flexibility index (Phi) is 7.79. The fourth-order valence-corrected chi connectivity index (χ4v) is 4.40. The van der Waals surface area contributed by atoms with Crippen molar-refractivity contribution in [2.24, 2.45) is 5.10 Å². The van der Waals surface area contributed by atoms with E-state index in [2.05, 4.69) is 10.5 Å². The van der Waals surface area contributed by atoms with Crippen molar-refractivity contribution in [3.05, 3.63) is 106 Å². The number of carbonyl (C=O) groups excluding carboxylic acids is 1. The van der Waals surface area contributed by atoms with E-state index in [9.17, 15) is 4.79 Å². The Hall–Kier alpha value is -2.47. The van der Waals surface area contributed by atoms with Crippen molar-refractivity contribution in [2.75, 3.05) is 0 Å². The van der Waals surface area contributed by atoms with Gasteiger partial charge in [0.2, 0.25) is 0 Å². The quantitative estimate of drug-likeness (QED) is 0.212. The minimum absolute atomic E-state index is 0.285. The number of hydrogen-bond acceptors (Lipinski definition) is 4. The molecule has 6 heteroatoms. The molecule has 0 saturated heterocycles. The van der Waals surface area contributed by atoms with E-state index < -0.39 is 0 Å². The van der Waals surface area contributed by atoms with E-state index in [-0.39, 0.29) is 5.91 Å². The van der Waals surface area contributed by atoms with Crippen LogP contribution in [-0.2, 0) is 4.79 Å². The first-order chi connectivity index (χ1) is 13.7. The van der Waals surface area contributed by atoms with E-state index in [0.29, 0.717) is 5.02 Å². The Balaban J connectivity index is 1.69. The van der Waals surface area contributed by atoms with Crippen molar-refractivity contribution in [1.82, 2.24) is 5.43 Å². The summed E-state index contributed by atoms with van der Waals surface area (Å²) in [6, 6.07) is 27.1. The molecule has 0 unspecified atom stereocenters. The van der Waals surface area contributed by atoms with Gasteiger partial charge in [0.05, 0.1) is 10.5 Å². The number of halogens is 1. The van der Waals surface area contributed by atoms with Gasteiger partial charge >= 0.3 is 0 Å². The Morgan fingerprint density at radius 3 is 1.89 bits per heavy atom. The summed E-state index contributed by atoms with van der Waals surface area (Å²) in [5.41, 5.74) is 3.40. The van der Waals surface area contributed by atoms with Crippen LogP contribution >= 0.6 is 35.1 Å². The van der Waals surface area contributed by atoms with Gasteiger partial charge < -0.3 is 0 Å². The third-order valence-corrected chi connectivity index (χ3v) is 5.84. The van der Waals surface area contributed by atoms with Gasteiger partial charge in [0.25, 0.3) is 5.91 Å². The molecule has 0 aliphatic heterocycles. The molecular formula is C22H17ClN2OS2. The number of nitrogens with one attached hydrogen (secondary N) is 1. The summed E-state index contributed by atoms with van der Waals surface area (Å²) in [5, 5.41) is 4.66. The molecule has 0 atom stereocenters. The Morgan fingerprint density at radius 1 is 0.821 bits per heavy atom. The minimum Gasteiger partial charge on any atom is -0.268 e. The number of benzene rings is 3. The van der Waals surface area contributed by atoms with E-state index in [0.717, 1.165) is 19.6 Å². The Labute approximate surface area is 177 Å². The molecule has 0 aromatic heterocycles. The molecule has 0 fully saturated rings. The number of rotatable bonds is 7. The standard InChI is InChI=1S/C22H17ClN2OS2/c23-18-13-11-17(12-14-18)16-24-25-21(26)15-22(27-19-7-3-1-4-8-19)28-20-9-5-2-6-10-20/h1-16H,(H,25,26)/b24-16-. The van der Waals surface area contributed by atoms with Crippen molar-refractivity contribution < 1.29 is 4.79 Å². The van der Waals surface area contributed by atoms with Crippen LogP contribution in [0.2, 0.25) is 5.02 Å². The molecule has 0 radical (unpaired) electrons. The highest BCUT2D eigenvalue weighted by Gasteiger charge is 2.07. The van der Waals surface area contributed by atoms with Gasteiger partial charge in [0.15, 0.2) is 0 Å². The summed E-state index contributed by atoms with van der Waals surface area (Å²) in [4.78, 5) is 14.5. The lowest BCUT2D eigenvalue weighted by Crippen LogP contribution is -2.14. The van der Waals surface area contributed by atoms with Crippen LogP contribution in [0.1, 0.15) is 5.56 Å². The van der Waals surface area contributed by atoms with Crippen molar-refractivity contribution in [1.29, 1.82) is 0 Å². The molecule has 0 saturated carbocycles. The first kappa shape index (κ1) is 20.3. The van der Waals surface area contributed by atoms with Gasteiger partial charge in [-0.25, -0.2) is 5.43 Å². The second kappa shape index (κ2) is 10.8. The number of thioether (sulfide) groups is 2. The van der Waals surface area contributed by atoms with Gasteiger partial charge in [0.1, 0.15) is 0 Å². The molecule has 3 nitrogen and oxygen atoms in total. The summed E-state index contributed by atoms with van der Waals surface area (Å²) >= 11 is 8.94. The molecule has 28 heavy (non-hydrogen) atoms. The van der Waals surface area contributed by atoms with Crippen LogP contribution in [0.15, 0.2) is 110 Å². The lowest BCUT2D eigenvalue weighted by atomic mass is 10.2. The third-order valence-electron chi connectivity index (χ3n) is 3.43. The predicted octanol–water partition coefficient (Wildman–Crippen LogP) is 6.22. The highest BCUT2D eigenvalue weighted by molar-refractivity contribution is 8.22. The predicted molar refractivity (Wildman–Crippen MR) is 120 cm³/mol. The van der Waals surface area contributed by atoms with Crippen LogP contribution in [-0.4, -0.2) is 12.1 Å². The van der Waals surface area contributed by atoms with E-state index in [1.807, 2.05) is 72.8 Å². The van der Waals surface area contributed by atoms with Crippen LogP contribution < -0.4 is 5.43 Å². The van der Waals surface area contributed by atoms with Gasteiger partial charge in [-0.05, 0) is 42.0 Å². The van der Waals surface area contributed by atoms with E-state index in [1.54, 1.807) is 47.9 Å². The lowest BCUT2D eigenvalue weighted by Gasteiger charge is -2.07. The van der Waals surface area contributed by atoms with Crippen molar-refractivity contribution in [2.45, 2.75) is 9.79 Å². The van der Waals surface area contributed by atoms with Gasteiger partial charge in [0, 0.05) is 20.9 Å². The first-order valence-electron chi connectivity index (χ1n) is 8.45.